The molecule has 0 saturated carbocycles. The molecule has 1 aliphatic rings. The normalized spacial score (nSPS) is 37.4. The Bertz CT molecular complexity index is 336. The zero-order valence-electron chi connectivity index (χ0n) is 13.5. The molecule has 0 spiro atoms. The third-order valence-corrected chi connectivity index (χ3v) is 4.93. The van der Waals surface area contributed by atoms with Crippen LogP contribution in [-0.4, -0.2) is 43.2 Å². The van der Waals surface area contributed by atoms with E-state index in [4.69, 9.17) is 9.47 Å². The summed E-state index contributed by atoms with van der Waals surface area (Å²) in [5, 5.41) is 12.8. The van der Waals surface area contributed by atoms with Crippen LogP contribution in [0.2, 0.25) is 0 Å². The van der Waals surface area contributed by atoms with Crippen LogP contribution in [0.4, 0.5) is 0 Å². The Morgan fingerprint density at radius 2 is 2.15 bits per heavy atom. The van der Waals surface area contributed by atoms with Crippen LogP contribution in [0.5, 0.6) is 0 Å². The first-order chi connectivity index (χ1) is 9.32. The lowest BCUT2D eigenvalue weighted by atomic mass is 9.77. The van der Waals surface area contributed by atoms with Gasteiger partial charge < -0.3 is 19.9 Å². The number of methoxy groups -OCH3 is 1. The standard InChI is InChI=1S/C15H29NO4/c1-7-9(2)11(4)13-12(16-5)10(3)8-15(19-6,20-13)14(17)18/h9-13,16H,7-8H2,1-6H3,(H,17,18). The molecule has 1 heterocycles. The number of carbonyl (C=O) groups is 1. The molecule has 5 nitrogen and oxygen atoms in total. The Morgan fingerprint density at radius 3 is 2.55 bits per heavy atom. The zero-order chi connectivity index (χ0) is 15.5. The monoisotopic (exact) mass is 287 g/mol. The van der Waals surface area contributed by atoms with Crippen molar-refractivity contribution in [1.29, 1.82) is 0 Å². The van der Waals surface area contributed by atoms with Crippen molar-refractivity contribution in [3.63, 3.8) is 0 Å². The van der Waals surface area contributed by atoms with Crippen molar-refractivity contribution in [2.24, 2.45) is 17.8 Å². The minimum Gasteiger partial charge on any atom is -0.477 e. The van der Waals surface area contributed by atoms with Gasteiger partial charge in [-0.2, -0.15) is 0 Å². The minimum absolute atomic E-state index is 0.140. The van der Waals surface area contributed by atoms with E-state index in [0.29, 0.717) is 12.3 Å². The van der Waals surface area contributed by atoms with Gasteiger partial charge in [0.05, 0.1) is 6.10 Å². The van der Waals surface area contributed by atoms with Crippen LogP contribution in [0.15, 0.2) is 0 Å². The Morgan fingerprint density at radius 1 is 1.55 bits per heavy atom. The maximum atomic E-state index is 11.6. The number of hydrogen-bond donors (Lipinski definition) is 2. The van der Waals surface area contributed by atoms with Gasteiger partial charge in [0.1, 0.15) is 0 Å². The van der Waals surface area contributed by atoms with Crippen molar-refractivity contribution in [2.45, 2.75) is 58.5 Å². The summed E-state index contributed by atoms with van der Waals surface area (Å²) in [6, 6.07) is 0.140. The van der Waals surface area contributed by atoms with Crippen LogP contribution in [-0.2, 0) is 14.3 Å². The van der Waals surface area contributed by atoms with Crippen LogP contribution in [0.3, 0.4) is 0 Å². The highest BCUT2D eigenvalue weighted by Crippen LogP contribution is 2.38. The molecule has 2 N–H and O–H groups in total. The van der Waals surface area contributed by atoms with E-state index in [1.165, 1.54) is 7.11 Å². The Labute approximate surface area is 122 Å². The summed E-state index contributed by atoms with van der Waals surface area (Å²) in [6.07, 6.45) is 1.22. The van der Waals surface area contributed by atoms with Crippen molar-refractivity contribution in [3.8, 4) is 0 Å². The van der Waals surface area contributed by atoms with Gasteiger partial charge in [0.15, 0.2) is 0 Å². The highest BCUT2D eigenvalue weighted by atomic mass is 16.7. The van der Waals surface area contributed by atoms with E-state index < -0.39 is 11.8 Å². The van der Waals surface area contributed by atoms with Crippen LogP contribution >= 0.6 is 0 Å². The van der Waals surface area contributed by atoms with Gasteiger partial charge in [-0.25, -0.2) is 4.79 Å². The number of carboxylic acids is 1. The zero-order valence-corrected chi connectivity index (χ0v) is 13.5. The third kappa shape index (κ3) is 3.15. The molecule has 6 atom stereocenters. The maximum absolute atomic E-state index is 11.6. The van der Waals surface area contributed by atoms with E-state index in [-0.39, 0.29) is 24.0 Å². The molecule has 0 amide bonds. The fourth-order valence-electron chi connectivity index (χ4n) is 3.15. The number of likely N-dealkylation sites (N-methyl/N-ethyl adjacent to an activating group) is 1. The van der Waals surface area contributed by atoms with Crippen molar-refractivity contribution in [3.05, 3.63) is 0 Å². The van der Waals surface area contributed by atoms with Crippen LogP contribution in [0, 0.1) is 17.8 Å². The minimum atomic E-state index is -1.51. The largest absolute Gasteiger partial charge is 0.477 e. The van der Waals surface area contributed by atoms with E-state index in [9.17, 15) is 9.90 Å². The maximum Gasteiger partial charge on any atom is 0.364 e. The Kier molecular flexibility index (Phi) is 5.98. The summed E-state index contributed by atoms with van der Waals surface area (Å²) in [5.74, 6) is -1.67. The van der Waals surface area contributed by atoms with Crippen LogP contribution in [0.25, 0.3) is 0 Å². The molecule has 20 heavy (non-hydrogen) atoms. The first kappa shape index (κ1) is 17.4. The van der Waals surface area contributed by atoms with E-state index in [1.54, 1.807) is 0 Å². The number of carboxylic acid groups (broad SMARTS) is 1. The lowest BCUT2D eigenvalue weighted by molar-refractivity contribution is -0.288. The molecule has 0 aromatic rings. The summed E-state index contributed by atoms with van der Waals surface area (Å²) in [4.78, 5) is 11.6. The van der Waals surface area contributed by atoms with Gasteiger partial charge in [-0.15, -0.1) is 0 Å². The molecule has 6 unspecified atom stereocenters. The molecule has 0 aromatic heterocycles. The molecule has 0 aromatic carbocycles. The Hall–Kier alpha value is -0.650. The number of rotatable bonds is 6. The number of aliphatic carboxylic acids is 1. The SMILES string of the molecule is CCC(C)C(C)C1OC(OC)(C(=O)O)CC(C)C1NC. The lowest BCUT2D eigenvalue weighted by Crippen LogP contribution is -2.61. The van der Waals surface area contributed by atoms with Gasteiger partial charge in [0.25, 0.3) is 5.79 Å². The molecule has 0 aliphatic carbocycles. The highest BCUT2D eigenvalue weighted by molar-refractivity contribution is 5.75. The first-order valence-corrected chi connectivity index (χ1v) is 7.46. The fourth-order valence-corrected chi connectivity index (χ4v) is 3.15. The van der Waals surface area contributed by atoms with Crippen LogP contribution in [0.1, 0.15) is 40.5 Å². The second-order valence-electron chi connectivity index (χ2n) is 6.09. The van der Waals surface area contributed by atoms with Gasteiger partial charge in [-0.3, -0.25) is 0 Å². The third-order valence-electron chi connectivity index (χ3n) is 4.93. The van der Waals surface area contributed by atoms with Crippen molar-refractivity contribution in [1.82, 2.24) is 5.32 Å². The molecule has 5 heteroatoms. The number of nitrogens with one attached hydrogen (secondary N) is 1. The highest BCUT2D eigenvalue weighted by Gasteiger charge is 2.52. The van der Waals surface area contributed by atoms with Crippen LogP contribution < -0.4 is 5.32 Å². The quantitative estimate of drug-likeness (QED) is 0.783. The molecule has 1 aliphatic heterocycles. The predicted molar refractivity (Wildman–Crippen MR) is 77.5 cm³/mol. The summed E-state index contributed by atoms with van der Waals surface area (Å²) in [5.41, 5.74) is 0. The van der Waals surface area contributed by atoms with Gasteiger partial charge in [-0.1, -0.05) is 34.1 Å². The topological polar surface area (TPSA) is 67.8 Å². The first-order valence-electron chi connectivity index (χ1n) is 7.46. The van der Waals surface area contributed by atoms with Crippen molar-refractivity contribution >= 4 is 5.97 Å². The molecule has 1 rings (SSSR count). The molecule has 118 valence electrons. The van der Waals surface area contributed by atoms with E-state index >= 15 is 0 Å². The summed E-state index contributed by atoms with van der Waals surface area (Å²) >= 11 is 0. The smallest absolute Gasteiger partial charge is 0.364 e. The molecular formula is C15H29NO4. The second kappa shape index (κ2) is 6.87. The van der Waals surface area contributed by atoms with Gasteiger partial charge in [0, 0.05) is 19.6 Å². The average Bonchev–Trinajstić information content (AvgIpc) is 2.44. The van der Waals surface area contributed by atoms with Crippen molar-refractivity contribution in [2.75, 3.05) is 14.2 Å². The number of ether oxygens (including phenoxy) is 2. The number of hydrogen-bond acceptors (Lipinski definition) is 4. The molecule has 0 bridgehead atoms. The summed E-state index contributed by atoms with van der Waals surface area (Å²) in [6.45, 7) is 8.50. The molecular weight excluding hydrogens is 258 g/mol. The van der Waals surface area contributed by atoms with Gasteiger partial charge in [0.2, 0.25) is 0 Å². The Balaban J connectivity index is 3.06. The molecule has 1 fully saturated rings. The second-order valence-corrected chi connectivity index (χ2v) is 6.09. The lowest BCUT2D eigenvalue weighted by Gasteiger charge is -2.47. The van der Waals surface area contributed by atoms with Gasteiger partial charge in [-0.05, 0) is 24.8 Å². The van der Waals surface area contributed by atoms with E-state index in [1.807, 2.05) is 7.05 Å². The molecule has 1 saturated heterocycles. The fraction of sp³-hybridized carbons (Fsp3) is 0.933. The molecule has 0 radical (unpaired) electrons. The van der Waals surface area contributed by atoms with E-state index in [0.717, 1.165) is 6.42 Å². The van der Waals surface area contributed by atoms with Gasteiger partial charge >= 0.3 is 5.97 Å². The van der Waals surface area contributed by atoms with Crippen molar-refractivity contribution < 1.29 is 19.4 Å². The van der Waals surface area contributed by atoms with E-state index in [2.05, 4.69) is 33.0 Å². The summed E-state index contributed by atoms with van der Waals surface area (Å²) in [7, 11) is 3.31. The average molecular weight is 287 g/mol. The predicted octanol–water partition coefficient (Wildman–Crippen LogP) is 2.11. The summed E-state index contributed by atoms with van der Waals surface area (Å²) < 4.78 is 11.2.